The zero-order valence-corrected chi connectivity index (χ0v) is 15.6. The maximum atomic E-state index is 12.4. The van der Waals surface area contributed by atoms with Gasteiger partial charge in [0.05, 0.1) is 20.3 Å². The number of hydrogen-bond donors (Lipinski definition) is 1. The lowest BCUT2D eigenvalue weighted by Gasteiger charge is -2.37. The van der Waals surface area contributed by atoms with E-state index in [0.717, 1.165) is 43.9 Å². The summed E-state index contributed by atoms with van der Waals surface area (Å²) in [4.78, 5) is 14.9. The molecule has 5 nitrogen and oxygen atoms in total. The molecule has 25 heavy (non-hydrogen) atoms. The lowest BCUT2D eigenvalue weighted by Crippen LogP contribution is -2.43. The molecule has 0 bridgehead atoms. The number of benzene rings is 1. The Hall–Kier alpha value is -1.75. The summed E-state index contributed by atoms with van der Waals surface area (Å²) in [5, 5.41) is 3.21. The van der Waals surface area contributed by atoms with Crippen LogP contribution in [0.4, 0.5) is 0 Å². The lowest BCUT2D eigenvalue weighted by molar-refractivity contribution is -0.125. The van der Waals surface area contributed by atoms with Gasteiger partial charge in [-0.15, -0.1) is 0 Å². The number of amides is 1. The molecular weight excluding hydrogens is 316 g/mol. The van der Waals surface area contributed by atoms with E-state index >= 15 is 0 Å². The molecule has 1 fully saturated rings. The summed E-state index contributed by atoms with van der Waals surface area (Å²) in [6.45, 7) is 4.81. The van der Waals surface area contributed by atoms with Crippen LogP contribution in [0.25, 0.3) is 0 Å². The highest BCUT2D eigenvalue weighted by molar-refractivity contribution is 5.78. The smallest absolute Gasteiger partial charge is 0.223 e. The molecule has 1 aromatic rings. The molecule has 1 aliphatic carbocycles. The van der Waals surface area contributed by atoms with Gasteiger partial charge >= 0.3 is 0 Å². The molecule has 2 aliphatic rings. The monoisotopic (exact) mass is 346 g/mol. The van der Waals surface area contributed by atoms with Gasteiger partial charge in [0.15, 0.2) is 11.5 Å². The molecule has 3 rings (SSSR count). The topological polar surface area (TPSA) is 50.8 Å². The summed E-state index contributed by atoms with van der Waals surface area (Å²) in [5.41, 5.74) is 2.54. The highest BCUT2D eigenvalue weighted by Gasteiger charge is 2.30. The van der Waals surface area contributed by atoms with Gasteiger partial charge in [-0.25, -0.2) is 0 Å². The first-order valence-electron chi connectivity index (χ1n) is 9.44. The summed E-state index contributed by atoms with van der Waals surface area (Å²) < 4.78 is 10.9. The Bertz CT molecular complexity index is 611. The van der Waals surface area contributed by atoms with Crippen LogP contribution in [0, 0.1) is 5.92 Å². The average molecular weight is 346 g/mol. The van der Waals surface area contributed by atoms with E-state index < -0.39 is 0 Å². The summed E-state index contributed by atoms with van der Waals surface area (Å²) in [6.07, 6.45) is 5.44. The zero-order valence-electron chi connectivity index (χ0n) is 15.6. The number of likely N-dealkylation sites (N-methyl/N-ethyl adjacent to an activating group) is 1. The first kappa shape index (κ1) is 18.1. The highest BCUT2D eigenvalue weighted by Crippen LogP contribution is 2.38. The largest absolute Gasteiger partial charge is 0.493 e. The normalized spacial score (nSPS) is 21.0. The standard InChI is InChI=1S/C20H30N2O3/c1-4-22-10-9-15-11-18(24-2)19(25-3)12-16(15)17(22)13-21-20(23)14-7-5-6-8-14/h11-12,14,17H,4-10,13H2,1-3H3,(H,21,23)/t17-/m0/s1. The van der Waals surface area contributed by atoms with Crippen LogP contribution in [0.15, 0.2) is 12.1 Å². The lowest BCUT2D eigenvalue weighted by atomic mass is 9.91. The minimum Gasteiger partial charge on any atom is -0.493 e. The molecule has 0 saturated heterocycles. The molecular formula is C20H30N2O3. The second kappa shape index (κ2) is 8.09. The van der Waals surface area contributed by atoms with E-state index in [-0.39, 0.29) is 17.9 Å². The van der Waals surface area contributed by atoms with E-state index in [9.17, 15) is 4.79 Å². The van der Waals surface area contributed by atoms with Crippen molar-refractivity contribution < 1.29 is 14.3 Å². The van der Waals surface area contributed by atoms with E-state index in [4.69, 9.17) is 9.47 Å². The second-order valence-corrected chi connectivity index (χ2v) is 7.03. The van der Waals surface area contributed by atoms with E-state index in [2.05, 4.69) is 29.3 Å². The van der Waals surface area contributed by atoms with E-state index in [1.807, 2.05) is 0 Å². The number of nitrogens with one attached hydrogen (secondary N) is 1. The Balaban J connectivity index is 1.80. The maximum Gasteiger partial charge on any atom is 0.223 e. The molecule has 1 amide bonds. The van der Waals surface area contributed by atoms with Crippen molar-refractivity contribution in [3.63, 3.8) is 0 Å². The predicted octanol–water partition coefficient (Wildman–Crippen LogP) is 2.93. The summed E-state index contributed by atoms with van der Waals surface area (Å²) >= 11 is 0. The summed E-state index contributed by atoms with van der Waals surface area (Å²) in [7, 11) is 3.34. The van der Waals surface area contributed by atoms with Gasteiger partial charge in [0, 0.05) is 19.0 Å². The molecule has 0 aromatic heterocycles. The van der Waals surface area contributed by atoms with Crippen molar-refractivity contribution in [2.75, 3.05) is 33.9 Å². The molecule has 1 heterocycles. The van der Waals surface area contributed by atoms with Crippen molar-refractivity contribution in [1.29, 1.82) is 0 Å². The highest BCUT2D eigenvalue weighted by atomic mass is 16.5. The van der Waals surface area contributed by atoms with Gasteiger partial charge in [-0.1, -0.05) is 19.8 Å². The first-order valence-corrected chi connectivity index (χ1v) is 9.44. The SMILES string of the molecule is CCN1CCc2cc(OC)c(OC)cc2[C@@H]1CNC(=O)C1CCCC1. The quantitative estimate of drug-likeness (QED) is 0.860. The van der Waals surface area contributed by atoms with Gasteiger partial charge in [-0.2, -0.15) is 0 Å². The van der Waals surface area contributed by atoms with Gasteiger partial charge in [-0.05, 0) is 49.1 Å². The van der Waals surface area contributed by atoms with E-state index in [1.165, 1.54) is 24.0 Å². The number of ether oxygens (including phenoxy) is 2. The Morgan fingerprint density at radius 1 is 1.20 bits per heavy atom. The van der Waals surface area contributed by atoms with Crippen molar-refractivity contribution >= 4 is 5.91 Å². The number of carbonyl (C=O) groups excluding carboxylic acids is 1. The zero-order chi connectivity index (χ0) is 17.8. The van der Waals surface area contributed by atoms with Gasteiger partial charge in [-0.3, -0.25) is 9.69 Å². The Morgan fingerprint density at radius 3 is 2.52 bits per heavy atom. The van der Waals surface area contributed by atoms with Crippen LogP contribution in [0.2, 0.25) is 0 Å². The molecule has 5 heteroatoms. The molecule has 1 atom stereocenters. The maximum absolute atomic E-state index is 12.4. The van der Waals surface area contributed by atoms with Crippen LogP contribution < -0.4 is 14.8 Å². The number of methoxy groups -OCH3 is 2. The fourth-order valence-electron chi connectivity index (χ4n) is 4.23. The van der Waals surface area contributed by atoms with Crippen LogP contribution in [0.3, 0.4) is 0 Å². The van der Waals surface area contributed by atoms with Crippen LogP contribution in [0.5, 0.6) is 11.5 Å². The third-order valence-electron chi connectivity index (χ3n) is 5.72. The molecule has 1 aliphatic heterocycles. The van der Waals surface area contributed by atoms with Gasteiger partial charge < -0.3 is 14.8 Å². The van der Waals surface area contributed by atoms with E-state index in [1.54, 1.807) is 14.2 Å². The summed E-state index contributed by atoms with van der Waals surface area (Å²) in [5.74, 6) is 1.97. The molecule has 138 valence electrons. The number of rotatable bonds is 6. The van der Waals surface area contributed by atoms with Crippen molar-refractivity contribution in [2.24, 2.45) is 5.92 Å². The van der Waals surface area contributed by atoms with Crippen LogP contribution in [0.1, 0.15) is 49.8 Å². The Kier molecular flexibility index (Phi) is 5.84. The minimum absolute atomic E-state index is 0.193. The van der Waals surface area contributed by atoms with Gasteiger partial charge in [0.2, 0.25) is 5.91 Å². The van der Waals surface area contributed by atoms with Crippen LogP contribution >= 0.6 is 0 Å². The van der Waals surface area contributed by atoms with Crippen molar-refractivity contribution in [1.82, 2.24) is 10.2 Å². The summed E-state index contributed by atoms with van der Waals surface area (Å²) in [6, 6.07) is 4.37. The minimum atomic E-state index is 0.193. The Morgan fingerprint density at radius 2 is 1.88 bits per heavy atom. The van der Waals surface area contributed by atoms with Crippen molar-refractivity contribution in [3.05, 3.63) is 23.3 Å². The first-order chi connectivity index (χ1) is 12.2. The fraction of sp³-hybridized carbons (Fsp3) is 0.650. The average Bonchev–Trinajstić information content (AvgIpc) is 3.19. The predicted molar refractivity (Wildman–Crippen MR) is 98.2 cm³/mol. The number of nitrogens with zero attached hydrogens (tertiary/aromatic N) is 1. The third kappa shape index (κ3) is 3.76. The number of fused-ring (bicyclic) bond motifs is 1. The van der Waals surface area contributed by atoms with Crippen molar-refractivity contribution in [2.45, 2.75) is 45.1 Å². The number of carbonyl (C=O) groups is 1. The van der Waals surface area contributed by atoms with Crippen molar-refractivity contribution in [3.8, 4) is 11.5 Å². The van der Waals surface area contributed by atoms with Crippen LogP contribution in [-0.2, 0) is 11.2 Å². The fourth-order valence-corrected chi connectivity index (χ4v) is 4.23. The van der Waals surface area contributed by atoms with Crippen LogP contribution in [-0.4, -0.2) is 44.7 Å². The molecule has 0 radical (unpaired) electrons. The molecule has 1 saturated carbocycles. The van der Waals surface area contributed by atoms with Gasteiger partial charge in [0.1, 0.15) is 0 Å². The second-order valence-electron chi connectivity index (χ2n) is 7.03. The molecule has 1 N–H and O–H groups in total. The Labute approximate surface area is 150 Å². The van der Waals surface area contributed by atoms with Gasteiger partial charge in [0.25, 0.3) is 0 Å². The molecule has 0 unspecified atom stereocenters. The molecule has 1 aromatic carbocycles. The molecule has 0 spiro atoms. The van der Waals surface area contributed by atoms with E-state index in [0.29, 0.717) is 6.54 Å². The number of hydrogen-bond acceptors (Lipinski definition) is 4. The third-order valence-corrected chi connectivity index (χ3v) is 5.72.